The normalized spacial score (nSPS) is 12.3. The first-order valence-corrected chi connectivity index (χ1v) is 7.98. The highest BCUT2D eigenvalue weighted by atomic mass is 32.2. The molecule has 0 heterocycles. The van der Waals surface area contributed by atoms with Crippen LogP contribution in [0.1, 0.15) is 38.1 Å². The van der Waals surface area contributed by atoms with E-state index in [0.29, 0.717) is 0 Å². The second-order valence-corrected chi connectivity index (χ2v) is 6.78. The Bertz CT molecular complexity index is 687. The van der Waals surface area contributed by atoms with Crippen LogP contribution in [0.5, 0.6) is 0 Å². The van der Waals surface area contributed by atoms with Crippen LogP contribution in [0.15, 0.2) is 40.8 Å². The van der Waals surface area contributed by atoms with Gasteiger partial charge < -0.3 is 0 Å². The molecule has 0 radical (unpaired) electrons. The Labute approximate surface area is 125 Å². The Hall–Kier alpha value is -1.95. The van der Waals surface area contributed by atoms with Gasteiger partial charge in [-0.3, -0.25) is 9.59 Å². The highest BCUT2D eigenvalue weighted by Gasteiger charge is 2.17. The Morgan fingerprint density at radius 1 is 1.19 bits per heavy atom. The molecule has 1 rings (SSSR count). The van der Waals surface area contributed by atoms with E-state index in [9.17, 15) is 18.0 Å². The molecule has 1 aromatic rings. The average molecular weight is 309 g/mol. The second kappa shape index (κ2) is 6.67. The van der Waals surface area contributed by atoms with Crippen molar-refractivity contribution in [3.05, 3.63) is 41.5 Å². The standard InChI is InChI=1S/C15H19NO4S/c1-10(2)11(3)8-15(18)16-21(19,20)14-7-5-6-13(9-14)12(4)17/h5-10H,1-4H3,(H,16,18)/b11-8+. The van der Waals surface area contributed by atoms with Crippen molar-refractivity contribution in [1.82, 2.24) is 4.72 Å². The van der Waals surface area contributed by atoms with E-state index in [0.717, 1.165) is 5.57 Å². The van der Waals surface area contributed by atoms with Crippen molar-refractivity contribution >= 4 is 21.7 Å². The van der Waals surface area contributed by atoms with Crippen LogP contribution >= 0.6 is 0 Å². The van der Waals surface area contributed by atoms with Crippen LogP contribution < -0.4 is 4.72 Å². The predicted molar refractivity (Wildman–Crippen MR) is 80.4 cm³/mol. The summed E-state index contributed by atoms with van der Waals surface area (Å²) < 4.78 is 26.2. The zero-order valence-electron chi connectivity index (χ0n) is 12.5. The molecule has 21 heavy (non-hydrogen) atoms. The summed E-state index contributed by atoms with van der Waals surface area (Å²) >= 11 is 0. The minimum absolute atomic E-state index is 0.112. The summed E-state index contributed by atoms with van der Waals surface area (Å²) in [6.45, 7) is 6.92. The molecular formula is C15H19NO4S. The van der Waals surface area contributed by atoms with E-state index in [1.807, 2.05) is 18.6 Å². The fourth-order valence-corrected chi connectivity index (χ4v) is 2.46. The first kappa shape index (κ1) is 17.1. The zero-order chi connectivity index (χ0) is 16.2. The third kappa shape index (κ3) is 4.82. The molecule has 0 bridgehead atoms. The number of rotatable bonds is 5. The Morgan fingerprint density at radius 2 is 1.81 bits per heavy atom. The topological polar surface area (TPSA) is 80.3 Å². The van der Waals surface area contributed by atoms with Gasteiger partial charge in [0.05, 0.1) is 4.90 Å². The minimum atomic E-state index is -3.98. The number of benzene rings is 1. The number of amides is 1. The number of ketones is 1. The highest BCUT2D eigenvalue weighted by Crippen LogP contribution is 2.13. The number of hydrogen-bond acceptors (Lipinski definition) is 4. The van der Waals surface area contributed by atoms with Gasteiger partial charge in [-0.25, -0.2) is 13.1 Å². The van der Waals surface area contributed by atoms with E-state index in [4.69, 9.17) is 0 Å². The molecule has 6 heteroatoms. The van der Waals surface area contributed by atoms with Crippen molar-refractivity contribution in [3.8, 4) is 0 Å². The summed E-state index contributed by atoms with van der Waals surface area (Å²) in [5.74, 6) is -0.789. The van der Waals surface area contributed by atoms with Crippen LogP contribution in [0.25, 0.3) is 0 Å². The van der Waals surface area contributed by atoms with E-state index >= 15 is 0 Å². The van der Waals surface area contributed by atoms with Crippen molar-refractivity contribution < 1.29 is 18.0 Å². The van der Waals surface area contributed by atoms with Crippen LogP contribution in [-0.2, 0) is 14.8 Å². The molecule has 5 nitrogen and oxygen atoms in total. The van der Waals surface area contributed by atoms with Crippen LogP contribution in [0.4, 0.5) is 0 Å². The number of Topliss-reactive ketones (excluding diaryl/α,β-unsaturated/α-hetero) is 1. The SMILES string of the molecule is CC(=O)c1cccc(S(=O)(=O)NC(=O)/C=C(\C)C(C)C)c1. The molecule has 0 aliphatic carbocycles. The van der Waals surface area contributed by atoms with Crippen molar-refractivity contribution in [3.63, 3.8) is 0 Å². The maximum Gasteiger partial charge on any atom is 0.264 e. The molecule has 0 aliphatic heterocycles. The van der Waals surface area contributed by atoms with Crippen molar-refractivity contribution in [2.75, 3.05) is 0 Å². The number of carbonyl (C=O) groups is 2. The molecule has 0 aromatic heterocycles. The van der Waals surface area contributed by atoms with E-state index in [2.05, 4.69) is 0 Å². The first-order chi connectivity index (χ1) is 9.63. The predicted octanol–water partition coefficient (Wildman–Crippen LogP) is 2.30. The van der Waals surface area contributed by atoms with E-state index in [1.54, 1.807) is 6.92 Å². The molecule has 0 unspecified atom stereocenters. The fraction of sp³-hybridized carbons (Fsp3) is 0.333. The minimum Gasteiger partial charge on any atom is -0.295 e. The summed E-state index contributed by atoms with van der Waals surface area (Å²) in [7, 11) is -3.98. The highest BCUT2D eigenvalue weighted by molar-refractivity contribution is 7.90. The van der Waals surface area contributed by atoms with Gasteiger partial charge in [0.25, 0.3) is 15.9 Å². The lowest BCUT2D eigenvalue weighted by atomic mass is 10.1. The van der Waals surface area contributed by atoms with Gasteiger partial charge in [-0.05, 0) is 31.9 Å². The fourth-order valence-electron chi connectivity index (χ4n) is 1.48. The van der Waals surface area contributed by atoms with Gasteiger partial charge in [0.2, 0.25) is 0 Å². The maximum atomic E-state index is 12.1. The molecule has 0 aliphatic rings. The van der Waals surface area contributed by atoms with Gasteiger partial charge in [0, 0.05) is 11.6 Å². The number of sulfonamides is 1. The molecular weight excluding hydrogens is 290 g/mol. The lowest BCUT2D eigenvalue weighted by Crippen LogP contribution is -2.29. The smallest absolute Gasteiger partial charge is 0.264 e. The van der Waals surface area contributed by atoms with E-state index in [1.165, 1.54) is 37.3 Å². The van der Waals surface area contributed by atoms with Crippen molar-refractivity contribution in [2.24, 2.45) is 5.92 Å². The van der Waals surface area contributed by atoms with Crippen LogP contribution in [-0.4, -0.2) is 20.1 Å². The number of allylic oxidation sites excluding steroid dienone is 1. The van der Waals surface area contributed by atoms with Gasteiger partial charge in [0.1, 0.15) is 0 Å². The summed E-state index contributed by atoms with van der Waals surface area (Å²) in [6, 6.07) is 5.56. The molecule has 114 valence electrons. The van der Waals surface area contributed by atoms with Crippen molar-refractivity contribution in [2.45, 2.75) is 32.6 Å². The van der Waals surface area contributed by atoms with Crippen LogP contribution in [0, 0.1) is 5.92 Å². The third-order valence-electron chi connectivity index (χ3n) is 3.06. The molecule has 1 N–H and O–H groups in total. The summed E-state index contributed by atoms with van der Waals surface area (Å²) in [5, 5.41) is 0. The molecule has 1 aromatic carbocycles. The lowest BCUT2D eigenvalue weighted by Gasteiger charge is -2.08. The van der Waals surface area contributed by atoms with Gasteiger partial charge in [-0.1, -0.05) is 31.6 Å². The van der Waals surface area contributed by atoms with E-state index < -0.39 is 15.9 Å². The first-order valence-electron chi connectivity index (χ1n) is 6.49. The Kier molecular flexibility index (Phi) is 5.43. The third-order valence-corrected chi connectivity index (χ3v) is 4.40. The Morgan fingerprint density at radius 3 is 2.33 bits per heavy atom. The molecule has 0 saturated carbocycles. The lowest BCUT2D eigenvalue weighted by molar-refractivity contribution is -0.114. The molecule has 0 atom stereocenters. The van der Waals surface area contributed by atoms with Gasteiger partial charge in [-0.2, -0.15) is 0 Å². The van der Waals surface area contributed by atoms with Gasteiger partial charge in [0.15, 0.2) is 5.78 Å². The number of hydrogen-bond donors (Lipinski definition) is 1. The second-order valence-electron chi connectivity index (χ2n) is 5.10. The van der Waals surface area contributed by atoms with Crippen LogP contribution in [0.2, 0.25) is 0 Å². The monoisotopic (exact) mass is 309 g/mol. The quantitative estimate of drug-likeness (QED) is 0.668. The average Bonchev–Trinajstić information content (AvgIpc) is 2.37. The van der Waals surface area contributed by atoms with Crippen LogP contribution in [0.3, 0.4) is 0 Å². The molecule has 0 fully saturated rings. The largest absolute Gasteiger partial charge is 0.295 e. The maximum absolute atomic E-state index is 12.1. The zero-order valence-corrected chi connectivity index (χ0v) is 13.3. The summed E-state index contributed by atoms with van der Waals surface area (Å²) in [5.41, 5.74) is 1.06. The molecule has 1 amide bonds. The van der Waals surface area contributed by atoms with Gasteiger partial charge >= 0.3 is 0 Å². The Balaban J connectivity index is 3.02. The summed E-state index contributed by atoms with van der Waals surface area (Å²) in [6.07, 6.45) is 1.26. The number of nitrogens with one attached hydrogen (secondary N) is 1. The molecule has 0 spiro atoms. The molecule has 0 saturated heterocycles. The van der Waals surface area contributed by atoms with Crippen molar-refractivity contribution in [1.29, 1.82) is 0 Å². The van der Waals surface area contributed by atoms with E-state index in [-0.39, 0.29) is 22.2 Å². The summed E-state index contributed by atoms with van der Waals surface area (Å²) in [4.78, 5) is 22.9. The van der Waals surface area contributed by atoms with Gasteiger partial charge in [-0.15, -0.1) is 0 Å². The number of carbonyl (C=O) groups excluding carboxylic acids is 2.